The van der Waals surface area contributed by atoms with Crippen molar-refractivity contribution in [3.63, 3.8) is 0 Å². The first-order chi connectivity index (χ1) is 8.66. The Morgan fingerprint density at radius 1 is 1.11 bits per heavy atom. The van der Waals surface area contributed by atoms with Gasteiger partial charge in [-0.15, -0.1) is 0 Å². The Morgan fingerprint density at radius 3 is 2.61 bits per heavy atom. The highest BCUT2D eigenvalue weighted by Gasteiger charge is 2.11. The molecule has 0 radical (unpaired) electrons. The van der Waals surface area contributed by atoms with Crippen molar-refractivity contribution < 1.29 is 5.11 Å². The van der Waals surface area contributed by atoms with Gasteiger partial charge in [0.05, 0.1) is 6.10 Å². The molecule has 2 aromatic carbocycles. The molecule has 1 atom stereocenters. The number of hydrogen-bond acceptors (Lipinski definition) is 1. The van der Waals surface area contributed by atoms with Crippen LogP contribution in [0.15, 0.2) is 42.5 Å². The summed E-state index contributed by atoms with van der Waals surface area (Å²) in [5.41, 5.74) is 2.25. The minimum atomic E-state index is -0.375. The van der Waals surface area contributed by atoms with Crippen LogP contribution < -0.4 is 0 Å². The molecule has 1 aromatic heterocycles. The molecule has 3 rings (SSSR count). The van der Waals surface area contributed by atoms with E-state index in [0.717, 1.165) is 21.4 Å². The number of fused-ring (bicyclic) bond motifs is 3. The lowest BCUT2D eigenvalue weighted by molar-refractivity contribution is 0.176. The summed E-state index contributed by atoms with van der Waals surface area (Å²) in [5.74, 6) is 0. The van der Waals surface area contributed by atoms with Crippen LogP contribution in [0.25, 0.3) is 21.8 Å². The van der Waals surface area contributed by atoms with Gasteiger partial charge in [0, 0.05) is 33.4 Å². The maximum atomic E-state index is 9.65. The van der Waals surface area contributed by atoms with E-state index in [4.69, 9.17) is 11.6 Å². The summed E-state index contributed by atoms with van der Waals surface area (Å²) in [6.45, 7) is 2.39. The number of nitrogens with zero attached hydrogens (tertiary/aromatic N) is 1. The minimum Gasteiger partial charge on any atom is -0.392 e. The lowest BCUT2D eigenvalue weighted by Gasteiger charge is -2.09. The molecular formula is C15H14ClNO. The van der Waals surface area contributed by atoms with E-state index in [1.807, 2.05) is 30.3 Å². The van der Waals surface area contributed by atoms with E-state index in [1.165, 1.54) is 5.39 Å². The molecule has 1 N–H and O–H groups in total. The third-order valence-electron chi connectivity index (χ3n) is 3.18. The molecular weight excluding hydrogens is 246 g/mol. The SMILES string of the molecule is C[C@@H](O)Cn1c2ccccc2c2cc(Cl)ccc21. The molecule has 1 heterocycles. The average molecular weight is 260 g/mol. The van der Waals surface area contributed by atoms with Gasteiger partial charge in [0.1, 0.15) is 0 Å². The van der Waals surface area contributed by atoms with Gasteiger partial charge in [-0.1, -0.05) is 29.8 Å². The van der Waals surface area contributed by atoms with Crippen LogP contribution in [0.5, 0.6) is 0 Å². The highest BCUT2D eigenvalue weighted by Crippen LogP contribution is 2.31. The van der Waals surface area contributed by atoms with Gasteiger partial charge in [0.2, 0.25) is 0 Å². The molecule has 0 spiro atoms. The Morgan fingerprint density at radius 2 is 1.83 bits per heavy atom. The van der Waals surface area contributed by atoms with Crippen molar-refractivity contribution in [1.82, 2.24) is 4.57 Å². The van der Waals surface area contributed by atoms with Crippen molar-refractivity contribution in [3.8, 4) is 0 Å². The van der Waals surface area contributed by atoms with E-state index < -0.39 is 0 Å². The minimum absolute atomic E-state index is 0.375. The summed E-state index contributed by atoms with van der Waals surface area (Å²) >= 11 is 6.08. The van der Waals surface area contributed by atoms with Crippen LogP contribution in [0.4, 0.5) is 0 Å². The monoisotopic (exact) mass is 259 g/mol. The molecule has 0 bridgehead atoms. The summed E-state index contributed by atoms with van der Waals surface area (Å²) in [7, 11) is 0. The lowest BCUT2D eigenvalue weighted by atomic mass is 10.2. The number of aliphatic hydroxyl groups is 1. The van der Waals surface area contributed by atoms with Crippen LogP contribution in [-0.2, 0) is 6.54 Å². The summed E-state index contributed by atoms with van der Waals surface area (Å²) < 4.78 is 2.14. The van der Waals surface area contributed by atoms with E-state index >= 15 is 0 Å². The number of benzene rings is 2. The Kier molecular flexibility index (Phi) is 2.77. The van der Waals surface area contributed by atoms with Crippen molar-refractivity contribution in [1.29, 1.82) is 0 Å². The second-order valence-corrected chi connectivity index (χ2v) is 5.07. The van der Waals surface area contributed by atoms with Crippen LogP contribution in [0.3, 0.4) is 0 Å². The lowest BCUT2D eigenvalue weighted by Crippen LogP contribution is -2.11. The van der Waals surface area contributed by atoms with Crippen LogP contribution in [0.2, 0.25) is 5.02 Å². The zero-order valence-corrected chi connectivity index (χ0v) is 10.9. The van der Waals surface area contributed by atoms with Crippen molar-refractivity contribution in [3.05, 3.63) is 47.5 Å². The van der Waals surface area contributed by atoms with Gasteiger partial charge in [-0.25, -0.2) is 0 Å². The number of rotatable bonds is 2. The first-order valence-corrected chi connectivity index (χ1v) is 6.39. The maximum absolute atomic E-state index is 9.65. The fourth-order valence-electron chi connectivity index (χ4n) is 2.49. The van der Waals surface area contributed by atoms with E-state index in [9.17, 15) is 5.11 Å². The van der Waals surface area contributed by atoms with E-state index in [1.54, 1.807) is 6.92 Å². The molecule has 0 saturated heterocycles. The molecule has 2 nitrogen and oxygen atoms in total. The molecule has 0 fully saturated rings. The number of halogens is 1. The zero-order valence-electron chi connectivity index (χ0n) is 10.1. The highest BCUT2D eigenvalue weighted by molar-refractivity contribution is 6.31. The van der Waals surface area contributed by atoms with Gasteiger partial charge >= 0.3 is 0 Å². The second kappa shape index (κ2) is 4.30. The molecule has 92 valence electrons. The first kappa shape index (κ1) is 11.6. The number of aromatic nitrogens is 1. The summed E-state index contributed by atoms with van der Waals surface area (Å²) in [5, 5.41) is 12.7. The summed E-state index contributed by atoms with van der Waals surface area (Å²) in [4.78, 5) is 0. The fourth-order valence-corrected chi connectivity index (χ4v) is 2.66. The van der Waals surface area contributed by atoms with E-state index in [0.29, 0.717) is 6.54 Å². The Labute approximate surface area is 110 Å². The molecule has 3 heteroatoms. The Bertz CT molecular complexity index is 715. The van der Waals surface area contributed by atoms with Gasteiger partial charge in [0.25, 0.3) is 0 Å². The van der Waals surface area contributed by atoms with Gasteiger partial charge in [0.15, 0.2) is 0 Å². The van der Waals surface area contributed by atoms with Crippen LogP contribution >= 0.6 is 11.6 Å². The first-order valence-electron chi connectivity index (χ1n) is 6.01. The van der Waals surface area contributed by atoms with E-state index in [-0.39, 0.29) is 6.10 Å². The van der Waals surface area contributed by atoms with Crippen LogP contribution in [-0.4, -0.2) is 15.8 Å². The van der Waals surface area contributed by atoms with Crippen molar-refractivity contribution in [2.45, 2.75) is 19.6 Å². The molecule has 18 heavy (non-hydrogen) atoms. The highest BCUT2D eigenvalue weighted by atomic mass is 35.5. The number of aliphatic hydroxyl groups excluding tert-OH is 1. The van der Waals surface area contributed by atoms with Gasteiger partial charge in [-0.05, 0) is 31.2 Å². The third-order valence-corrected chi connectivity index (χ3v) is 3.42. The van der Waals surface area contributed by atoms with Crippen LogP contribution in [0.1, 0.15) is 6.92 Å². The van der Waals surface area contributed by atoms with Crippen LogP contribution in [0, 0.1) is 0 Å². The quantitative estimate of drug-likeness (QED) is 0.743. The molecule has 3 aromatic rings. The number of para-hydroxylation sites is 1. The molecule has 0 aliphatic rings. The summed E-state index contributed by atoms with van der Waals surface area (Å²) in [6.07, 6.45) is -0.375. The van der Waals surface area contributed by atoms with Gasteiger partial charge in [-0.3, -0.25) is 0 Å². The molecule has 0 amide bonds. The molecule has 0 aliphatic heterocycles. The standard InChI is InChI=1S/C15H14ClNO/c1-10(18)9-17-14-5-3-2-4-12(14)13-8-11(16)6-7-15(13)17/h2-8,10,18H,9H2,1H3/t10-/m1/s1. The van der Waals surface area contributed by atoms with E-state index in [2.05, 4.69) is 16.7 Å². The second-order valence-electron chi connectivity index (χ2n) is 4.64. The largest absolute Gasteiger partial charge is 0.392 e. The fraction of sp³-hybridized carbons (Fsp3) is 0.200. The Balaban J connectivity index is 2.42. The molecule has 0 unspecified atom stereocenters. The number of hydrogen-bond donors (Lipinski definition) is 1. The maximum Gasteiger partial charge on any atom is 0.0691 e. The third kappa shape index (κ3) is 1.78. The molecule has 0 aliphatic carbocycles. The summed E-state index contributed by atoms with van der Waals surface area (Å²) in [6, 6.07) is 14.1. The predicted octanol–water partition coefficient (Wildman–Crippen LogP) is 3.83. The van der Waals surface area contributed by atoms with Gasteiger partial charge < -0.3 is 9.67 Å². The zero-order chi connectivity index (χ0) is 12.7. The van der Waals surface area contributed by atoms with Crippen molar-refractivity contribution in [2.24, 2.45) is 0 Å². The average Bonchev–Trinajstić information content (AvgIpc) is 2.64. The van der Waals surface area contributed by atoms with Crippen molar-refractivity contribution in [2.75, 3.05) is 0 Å². The predicted molar refractivity (Wildman–Crippen MR) is 76.1 cm³/mol. The van der Waals surface area contributed by atoms with Gasteiger partial charge in [-0.2, -0.15) is 0 Å². The smallest absolute Gasteiger partial charge is 0.0691 e. The normalized spacial score (nSPS) is 13.3. The van der Waals surface area contributed by atoms with Crippen molar-refractivity contribution >= 4 is 33.4 Å². The molecule has 0 saturated carbocycles. The topological polar surface area (TPSA) is 25.2 Å². The Hall–Kier alpha value is -1.51.